The molecule has 5 rings (SSSR count). The van der Waals surface area contributed by atoms with Crippen molar-refractivity contribution >= 4 is 0 Å². The number of aliphatic hydroxyl groups is 1. The lowest BCUT2D eigenvalue weighted by Crippen LogP contribution is -2.56. The van der Waals surface area contributed by atoms with Crippen molar-refractivity contribution in [2.24, 2.45) is 0 Å². The summed E-state index contributed by atoms with van der Waals surface area (Å²) in [5.41, 5.74) is 4.12. The van der Waals surface area contributed by atoms with Gasteiger partial charge >= 0.3 is 0 Å². The molecule has 0 saturated carbocycles. The zero-order valence-electron chi connectivity index (χ0n) is 16.9. The van der Waals surface area contributed by atoms with Crippen LogP contribution in [0.25, 0.3) is 11.1 Å². The Morgan fingerprint density at radius 3 is 2.07 bits per heavy atom. The van der Waals surface area contributed by atoms with Gasteiger partial charge in [-0.3, -0.25) is 4.90 Å². The molecule has 3 aromatic carbocycles. The van der Waals surface area contributed by atoms with E-state index in [1.54, 1.807) is 0 Å². The van der Waals surface area contributed by atoms with Crippen molar-refractivity contribution in [2.75, 3.05) is 0 Å². The van der Waals surface area contributed by atoms with E-state index in [4.69, 9.17) is 0 Å². The van der Waals surface area contributed by atoms with E-state index in [9.17, 15) is 5.11 Å². The van der Waals surface area contributed by atoms with E-state index < -0.39 is 5.60 Å². The Balaban J connectivity index is 1.41. The maximum atomic E-state index is 11.8. The van der Waals surface area contributed by atoms with Gasteiger partial charge in [-0.1, -0.05) is 85.3 Å². The average Bonchev–Trinajstić information content (AvgIpc) is 2.76. The van der Waals surface area contributed by atoms with Gasteiger partial charge in [0.1, 0.15) is 0 Å². The van der Waals surface area contributed by atoms with Crippen LogP contribution in [0.4, 0.5) is 0 Å². The summed E-state index contributed by atoms with van der Waals surface area (Å²) in [4.78, 5) is 2.66. The zero-order chi connectivity index (χ0) is 19.7. The Morgan fingerprint density at radius 2 is 1.38 bits per heavy atom. The molecule has 2 heteroatoms. The van der Waals surface area contributed by atoms with Crippen molar-refractivity contribution in [3.05, 3.63) is 96.1 Å². The molecule has 2 unspecified atom stereocenters. The molecule has 0 aromatic heterocycles. The minimum atomic E-state index is -0.728. The lowest BCUT2D eigenvalue weighted by atomic mass is 9.72. The molecule has 2 nitrogen and oxygen atoms in total. The van der Waals surface area contributed by atoms with Gasteiger partial charge < -0.3 is 5.11 Å². The van der Waals surface area contributed by atoms with Gasteiger partial charge in [-0.05, 0) is 54.0 Å². The number of piperidine rings is 2. The third-order valence-electron chi connectivity index (χ3n) is 6.87. The number of hydrogen-bond donors (Lipinski definition) is 1. The first kappa shape index (κ1) is 18.6. The first-order chi connectivity index (χ1) is 14.2. The van der Waals surface area contributed by atoms with E-state index in [2.05, 4.69) is 83.8 Å². The van der Waals surface area contributed by atoms with Gasteiger partial charge in [0.25, 0.3) is 0 Å². The third-order valence-corrected chi connectivity index (χ3v) is 6.87. The summed E-state index contributed by atoms with van der Waals surface area (Å²) in [6.07, 6.45) is 5.30. The molecule has 2 aliphatic heterocycles. The van der Waals surface area contributed by atoms with Crippen LogP contribution in [-0.2, 0) is 12.1 Å². The van der Waals surface area contributed by atoms with E-state index in [-0.39, 0.29) is 0 Å². The van der Waals surface area contributed by atoms with Crippen molar-refractivity contribution in [3.63, 3.8) is 0 Å². The first-order valence-electron chi connectivity index (χ1n) is 10.9. The maximum Gasteiger partial charge on any atom is 0.0926 e. The van der Waals surface area contributed by atoms with Crippen LogP contribution < -0.4 is 0 Å². The molecule has 2 saturated heterocycles. The summed E-state index contributed by atoms with van der Waals surface area (Å²) in [6, 6.07) is 30.7. The van der Waals surface area contributed by atoms with Crippen LogP contribution in [0.5, 0.6) is 0 Å². The summed E-state index contributed by atoms with van der Waals surface area (Å²) in [5.74, 6) is 0. The largest absolute Gasteiger partial charge is 0.385 e. The second-order valence-electron chi connectivity index (χ2n) is 8.78. The number of fused-ring (bicyclic) bond motifs is 2. The maximum absolute atomic E-state index is 11.8. The second-order valence-corrected chi connectivity index (χ2v) is 8.78. The summed E-state index contributed by atoms with van der Waals surface area (Å²) < 4.78 is 0. The fourth-order valence-corrected chi connectivity index (χ4v) is 5.43. The molecule has 2 atom stereocenters. The quantitative estimate of drug-likeness (QED) is 0.619. The molecule has 0 amide bonds. The molecule has 1 N–H and O–H groups in total. The SMILES string of the molecule is OC1(c2cccc(-c3ccccc3)c2)CC2CCCC(C1)N2Cc1ccccc1. The number of rotatable bonds is 4. The molecular formula is C27H29NO. The van der Waals surface area contributed by atoms with Gasteiger partial charge in [0.05, 0.1) is 5.60 Å². The van der Waals surface area contributed by atoms with Crippen LogP contribution in [0, 0.1) is 0 Å². The zero-order valence-corrected chi connectivity index (χ0v) is 16.9. The fraction of sp³-hybridized carbons (Fsp3) is 0.333. The highest BCUT2D eigenvalue weighted by Gasteiger charge is 2.46. The number of hydrogen-bond acceptors (Lipinski definition) is 2. The summed E-state index contributed by atoms with van der Waals surface area (Å²) in [6.45, 7) is 0.996. The van der Waals surface area contributed by atoms with Crippen molar-refractivity contribution in [2.45, 2.75) is 56.3 Å². The molecule has 148 valence electrons. The Hall–Kier alpha value is -2.42. The Morgan fingerprint density at radius 1 is 0.759 bits per heavy atom. The van der Waals surface area contributed by atoms with Gasteiger partial charge in [0, 0.05) is 18.6 Å². The molecule has 3 aromatic rings. The first-order valence-corrected chi connectivity index (χ1v) is 10.9. The van der Waals surface area contributed by atoms with E-state index >= 15 is 0 Å². The molecule has 0 aliphatic carbocycles. The predicted octanol–water partition coefficient (Wildman–Crippen LogP) is 5.76. The van der Waals surface area contributed by atoms with Crippen LogP contribution in [0.3, 0.4) is 0 Å². The van der Waals surface area contributed by atoms with Crippen LogP contribution in [0.1, 0.15) is 43.2 Å². The Kier molecular flexibility index (Phi) is 4.99. The predicted molar refractivity (Wildman–Crippen MR) is 118 cm³/mol. The van der Waals surface area contributed by atoms with Gasteiger partial charge in [0.15, 0.2) is 0 Å². The van der Waals surface area contributed by atoms with Crippen molar-refractivity contribution in [1.82, 2.24) is 4.90 Å². The molecule has 0 radical (unpaired) electrons. The van der Waals surface area contributed by atoms with E-state index in [1.165, 1.54) is 36.0 Å². The van der Waals surface area contributed by atoms with Gasteiger partial charge in [0.2, 0.25) is 0 Å². The molecule has 29 heavy (non-hydrogen) atoms. The second kappa shape index (κ2) is 7.78. The van der Waals surface area contributed by atoms with Crippen LogP contribution in [-0.4, -0.2) is 22.1 Å². The Labute approximate surface area is 173 Å². The summed E-state index contributed by atoms with van der Waals surface area (Å²) in [7, 11) is 0. The Bertz CT molecular complexity index is 939. The smallest absolute Gasteiger partial charge is 0.0926 e. The molecule has 0 spiro atoms. The monoisotopic (exact) mass is 383 g/mol. The highest BCUT2D eigenvalue weighted by atomic mass is 16.3. The van der Waals surface area contributed by atoms with Gasteiger partial charge in [-0.25, -0.2) is 0 Å². The minimum absolute atomic E-state index is 0.452. The lowest BCUT2D eigenvalue weighted by Gasteiger charge is -2.52. The molecule has 2 fully saturated rings. The summed E-state index contributed by atoms with van der Waals surface area (Å²) in [5, 5.41) is 11.8. The third kappa shape index (κ3) is 3.75. The minimum Gasteiger partial charge on any atom is -0.385 e. The average molecular weight is 384 g/mol. The normalized spacial score (nSPS) is 26.9. The molecule has 2 aliphatic rings. The summed E-state index contributed by atoms with van der Waals surface area (Å²) >= 11 is 0. The standard InChI is InChI=1S/C27H29NO/c29-27(24-14-7-13-23(17-24)22-11-5-2-6-12-22)18-25-15-8-16-26(19-27)28(25)20-21-9-3-1-4-10-21/h1-7,9-14,17,25-26,29H,8,15-16,18-20H2. The van der Waals surface area contributed by atoms with Crippen molar-refractivity contribution in [1.29, 1.82) is 0 Å². The van der Waals surface area contributed by atoms with E-state index in [0.29, 0.717) is 12.1 Å². The van der Waals surface area contributed by atoms with Gasteiger partial charge in [-0.15, -0.1) is 0 Å². The van der Waals surface area contributed by atoms with Crippen molar-refractivity contribution < 1.29 is 5.11 Å². The molecule has 2 bridgehead atoms. The van der Waals surface area contributed by atoms with Crippen LogP contribution in [0.15, 0.2) is 84.9 Å². The van der Waals surface area contributed by atoms with Crippen LogP contribution in [0.2, 0.25) is 0 Å². The van der Waals surface area contributed by atoms with Crippen LogP contribution >= 0.6 is 0 Å². The number of benzene rings is 3. The van der Waals surface area contributed by atoms with E-state index in [0.717, 1.165) is 24.9 Å². The highest BCUT2D eigenvalue weighted by molar-refractivity contribution is 5.64. The van der Waals surface area contributed by atoms with E-state index in [1.807, 2.05) is 6.07 Å². The van der Waals surface area contributed by atoms with Gasteiger partial charge in [-0.2, -0.15) is 0 Å². The highest BCUT2D eigenvalue weighted by Crippen LogP contribution is 2.45. The number of nitrogens with zero attached hydrogens (tertiary/aromatic N) is 1. The molecule has 2 heterocycles. The van der Waals surface area contributed by atoms with Crippen molar-refractivity contribution in [3.8, 4) is 11.1 Å². The fourth-order valence-electron chi connectivity index (χ4n) is 5.43. The molecular weight excluding hydrogens is 354 g/mol. The lowest BCUT2D eigenvalue weighted by molar-refractivity contribution is -0.0999. The topological polar surface area (TPSA) is 23.5 Å².